The van der Waals surface area contributed by atoms with Crippen molar-refractivity contribution < 1.29 is 9.50 Å². The zero-order valence-electron chi connectivity index (χ0n) is 7.83. The Bertz CT molecular complexity index is 243. The van der Waals surface area contributed by atoms with Gasteiger partial charge in [0.2, 0.25) is 0 Å². The molecule has 0 aromatic heterocycles. The fourth-order valence-electron chi connectivity index (χ4n) is 1.29. The Kier molecular flexibility index (Phi) is 3.90. The molecule has 1 aromatic carbocycles. The molecule has 0 fully saturated rings. The molecule has 1 aromatic rings. The first-order valence-electron chi connectivity index (χ1n) is 4.61. The standard InChI is InChI=1S/C11H15FO/c1-2-3-9-4-6-10(7-5-9)11(12)8-13/h4-7,11,13H,2-3,8H2,1H3. The SMILES string of the molecule is CCCc1ccc(C(F)CO)cc1. The number of hydrogen-bond acceptors (Lipinski definition) is 1. The molecule has 1 atom stereocenters. The van der Waals surface area contributed by atoms with Gasteiger partial charge in [0, 0.05) is 0 Å². The second-order valence-electron chi connectivity index (χ2n) is 3.14. The Balaban J connectivity index is 2.69. The van der Waals surface area contributed by atoms with Gasteiger partial charge in [-0.15, -0.1) is 0 Å². The topological polar surface area (TPSA) is 20.2 Å². The Hall–Kier alpha value is -0.890. The Morgan fingerprint density at radius 2 is 1.92 bits per heavy atom. The predicted molar refractivity (Wildman–Crippen MR) is 51.4 cm³/mol. The van der Waals surface area contributed by atoms with Crippen LogP contribution < -0.4 is 0 Å². The van der Waals surface area contributed by atoms with Gasteiger partial charge in [-0.2, -0.15) is 0 Å². The lowest BCUT2D eigenvalue weighted by Gasteiger charge is -2.05. The molecule has 0 aliphatic heterocycles. The molecule has 0 saturated carbocycles. The summed E-state index contributed by atoms with van der Waals surface area (Å²) in [5.41, 5.74) is 1.78. The second-order valence-corrected chi connectivity index (χ2v) is 3.14. The van der Waals surface area contributed by atoms with Crippen molar-refractivity contribution in [1.29, 1.82) is 0 Å². The zero-order valence-corrected chi connectivity index (χ0v) is 7.83. The maximum absolute atomic E-state index is 12.9. The smallest absolute Gasteiger partial charge is 0.148 e. The van der Waals surface area contributed by atoms with E-state index in [9.17, 15) is 4.39 Å². The number of hydrogen-bond donors (Lipinski definition) is 1. The minimum absolute atomic E-state index is 0.437. The van der Waals surface area contributed by atoms with Crippen molar-refractivity contribution >= 4 is 0 Å². The van der Waals surface area contributed by atoms with Crippen LogP contribution in [0.25, 0.3) is 0 Å². The Morgan fingerprint density at radius 1 is 1.31 bits per heavy atom. The Labute approximate surface area is 78.2 Å². The Morgan fingerprint density at radius 3 is 2.38 bits per heavy atom. The molecule has 0 spiro atoms. The first-order valence-corrected chi connectivity index (χ1v) is 4.61. The third-order valence-electron chi connectivity index (χ3n) is 2.04. The summed E-state index contributed by atoms with van der Waals surface area (Å²) in [7, 11) is 0. The lowest BCUT2D eigenvalue weighted by Crippen LogP contribution is -1.97. The van der Waals surface area contributed by atoms with Crippen LogP contribution in [0.1, 0.15) is 30.6 Å². The van der Waals surface area contributed by atoms with Crippen LogP contribution in [0.15, 0.2) is 24.3 Å². The van der Waals surface area contributed by atoms with E-state index in [2.05, 4.69) is 6.92 Å². The average molecular weight is 182 g/mol. The lowest BCUT2D eigenvalue weighted by molar-refractivity contribution is 0.180. The summed E-state index contributed by atoms with van der Waals surface area (Å²) in [6.45, 7) is 1.67. The van der Waals surface area contributed by atoms with Gasteiger partial charge in [-0.25, -0.2) is 4.39 Å². The van der Waals surface area contributed by atoms with E-state index in [-0.39, 0.29) is 0 Å². The summed E-state index contributed by atoms with van der Waals surface area (Å²) in [6.07, 6.45) is 0.880. The number of halogens is 1. The van der Waals surface area contributed by atoms with Crippen molar-refractivity contribution in [2.24, 2.45) is 0 Å². The third kappa shape index (κ3) is 2.81. The van der Waals surface area contributed by atoms with E-state index in [0.29, 0.717) is 5.56 Å². The van der Waals surface area contributed by atoms with E-state index < -0.39 is 12.8 Å². The van der Waals surface area contributed by atoms with Crippen LogP contribution in [0.3, 0.4) is 0 Å². The molecular formula is C11H15FO. The molecule has 1 unspecified atom stereocenters. The summed E-state index contributed by atoms with van der Waals surface area (Å²) in [5.74, 6) is 0. The van der Waals surface area contributed by atoms with Crippen LogP contribution >= 0.6 is 0 Å². The first kappa shape index (κ1) is 10.2. The largest absolute Gasteiger partial charge is 0.393 e. The van der Waals surface area contributed by atoms with Crippen LogP contribution in [0.4, 0.5) is 4.39 Å². The maximum atomic E-state index is 12.9. The predicted octanol–water partition coefficient (Wildman–Crippen LogP) is 2.64. The lowest BCUT2D eigenvalue weighted by atomic mass is 10.1. The highest BCUT2D eigenvalue weighted by Gasteiger charge is 2.06. The van der Waals surface area contributed by atoms with Crippen LogP contribution in [0.2, 0.25) is 0 Å². The molecular weight excluding hydrogens is 167 g/mol. The molecule has 1 N–H and O–H groups in total. The summed E-state index contributed by atoms with van der Waals surface area (Å²) >= 11 is 0. The summed E-state index contributed by atoms with van der Waals surface area (Å²) in [6, 6.07) is 7.32. The molecule has 2 heteroatoms. The molecule has 1 rings (SSSR count). The van der Waals surface area contributed by atoms with Crippen molar-refractivity contribution in [2.75, 3.05) is 6.61 Å². The number of aryl methyl sites for hydroxylation is 1. The highest BCUT2D eigenvalue weighted by molar-refractivity contribution is 5.24. The molecule has 0 aliphatic rings. The van der Waals surface area contributed by atoms with Gasteiger partial charge in [0.15, 0.2) is 0 Å². The van der Waals surface area contributed by atoms with Gasteiger partial charge in [0.25, 0.3) is 0 Å². The zero-order chi connectivity index (χ0) is 9.68. The normalized spacial score (nSPS) is 12.8. The van der Waals surface area contributed by atoms with E-state index in [1.165, 1.54) is 5.56 Å². The van der Waals surface area contributed by atoms with Crippen LogP contribution in [0, 0.1) is 0 Å². The molecule has 13 heavy (non-hydrogen) atoms. The van der Waals surface area contributed by atoms with E-state index >= 15 is 0 Å². The quantitative estimate of drug-likeness (QED) is 0.759. The van der Waals surface area contributed by atoms with E-state index in [1.807, 2.05) is 12.1 Å². The van der Waals surface area contributed by atoms with Gasteiger partial charge >= 0.3 is 0 Å². The van der Waals surface area contributed by atoms with Gasteiger partial charge < -0.3 is 5.11 Å². The number of rotatable bonds is 4. The fourth-order valence-corrected chi connectivity index (χ4v) is 1.29. The number of alkyl halides is 1. The number of aliphatic hydroxyl groups excluding tert-OH is 1. The monoisotopic (exact) mass is 182 g/mol. The molecule has 0 bridgehead atoms. The van der Waals surface area contributed by atoms with Crippen LogP contribution in [-0.2, 0) is 6.42 Å². The maximum Gasteiger partial charge on any atom is 0.148 e. The molecule has 0 saturated heterocycles. The van der Waals surface area contributed by atoms with Crippen molar-refractivity contribution in [2.45, 2.75) is 25.9 Å². The van der Waals surface area contributed by atoms with Gasteiger partial charge in [0.1, 0.15) is 6.17 Å². The van der Waals surface area contributed by atoms with Crippen molar-refractivity contribution in [1.82, 2.24) is 0 Å². The molecule has 0 radical (unpaired) electrons. The van der Waals surface area contributed by atoms with E-state index in [1.54, 1.807) is 12.1 Å². The minimum atomic E-state index is -1.24. The van der Waals surface area contributed by atoms with Crippen LogP contribution in [0.5, 0.6) is 0 Å². The minimum Gasteiger partial charge on any atom is -0.393 e. The van der Waals surface area contributed by atoms with Crippen molar-refractivity contribution in [3.63, 3.8) is 0 Å². The molecule has 1 nitrogen and oxygen atoms in total. The van der Waals surface area contributed by atoms with Crippen molar-refractivity contribution in [3.05, 3.63) is 35.4 Å². The molecule has 0 amide bonds. The van der Waals surface area contributed by atoms with Gasteiger partial charge in [-0.05, 0) is 17.5 Å². The molecule has 0 aliphatic carbocycles. The van der Waals surface area contributed by atoms with Gasteiger partial charge in [0.05, 0.1) is 6.61 Å². The second kappa shape index (κ2) is 4.97. The first-order chi connectivity index (χ1) is 6.27. The van der Waals surface area contributed by atoms with Crippen molar-refractivity contribution in [3.8, 4) is 0 Å². The number of aliphatic hydroxyl groups is 1. The number of benzene rings is 1. The summed E-state index contributed by atoms with van der Waals surface area (Å²) < 4.78 is 12.9. The molecule has 0 heterocycles. The van der Waals surface area contributed by atoms with Gasteiger partial charge in [-0.1, -0.05) is 37.6 Å². The highest BCUT2D eigenvalue weighted by atomic mass is 19.1. The third-order valence-corrected chi connectivity index (χ3v) is 2.04. The molecule has 72 valence electrons. The summed E-state index contributed by atoms with van der Waals surface area (Å²) in [4.78, 5) is 0. The highest BCUT2D eigenvalue weighted by Crippen LogP contribution is 2.17. The average Bonchev–Trinajstić information content (AvgIpc) is 2.18. The van der Waals surface area contributed by atoms with Crippen LogP contribution in [-0.4, -0.2) is 11.7 Å². The summed E-state index contributed by atoms with van der Waals surface area (Å²) in [5, 5.41) is 8.59. The fraction of sp³-hybridized carbons (Fsp3) is 0.455. The van der Waals surface area contributed by atoms with E-state index in [0.717, 1.165) is 12.8 Å². The van der Waals surface area contributed by atoms with E-state index in [4.69, 9.17) is 5.11 Å². The van der Waals surface area contributed by atoms with Gasteiger partial charge in [-0.3, -0.25) is 0 Å².